The number of nitrogens with zero attached hydrogens (tertiary/aromatic N) is 3. The molecule has 2 aromatic rings. The number of rotatable bonds is 4. The van der Waals surface area contributed by atoms with Gasteiger partial charge < -0.3 is 5.32 Å². The summed E-state index contributed by atoms with van der Waals surface area (Å²) in [6, 6.07) is 8.35. The number of aryl methyl sites for hydroxylation is 1. The largest absolute Gasteiger partial charge is 0.348 e. The molecule has 1 aromatic carbocycles. The van der Waals surface area contributed by atoms with Gasteiger partial charge in [-0.3, -0.25) is 9.48 Å². The highest BCUT2D eigenvalue weighted by atomic mass is 79.9. The number of aromatic nitrogens is 3. The first-order valence-corrected chi connectivity index (χ1v) is 7.79. The highest BCUT2D eigenvalue weighted by Crippen LogP contribution is 2.41. The molecule has 5 nitrogen and oxygen atoms in total. The molecule has 1 saturated carbocycles. The van der Waals surface area contributed by atoms with Crippen molar-refractivity contribution in [2.75, 3.05) is 0 Å². The van der Waals surface area contributed by atoms with Gasteiger partial charge in [-0.1, -0.05) is 28.1 Å². The minimum atomic E-state index is 0.107. The number of carbonyl (C=O) groups is 1. The minimum absolute atomic E-state index is 0.107. The second-order valence-corrected chi connectivity index (χ2v) is 6.38. The Morgan fingerprint density at radius 1 is 1.38 bits per heavy atom. The Hall–Kier alpha value is -1.69. The third-order valence-electron chi connectivity index (χ3n) is 3.92. The van der Waals surface area contributed by atoms with Crippen molar-refractivity contribution in [1.29, 1.82) is 0 Å². The van der Waals surface area contributed by atoms with Crippen LogP contribution in [0, 0.1) is 5.92 Å². The van der Waals surface area contributed by atoms with E-state index in [4.69, 9.17) is 0 Å². The number of benzene rings is 1. The fourth-order valence-electron chi connectivity index (χ4n) is 2.61. The molecular weight excluding hydrogens is 332 g/mol. The number of carbonyl (C=O) groups excluding carboxylic acids is 1. The summed E-state index contributed by atoms with van der Waals surface area (Å²) in [7, 11) is 1.81. The second-order valence-electron chi connectivity index (χ2n) is 5.47. The molecule has 1 fully saturated rings. The lowest BCUT2D eigenvalue weighted by molar-refractivity contribution is -0.128. The maximum absolute atomic E-state index is 12.1. The van der Waals surface area contributed by atoms with E-state index in [-0.39, 0.29) is 11.8 Å². The monoisotopic (exact) mass is 348 g/mol. The molecule has 0 bridgehead atoms. The van der Waals surface area contributed by atoms with Crippen LogP contribution in [0.2, 0.25) is 0 Å². The van der Waals surface area contributed by atoms with Crippen LogP contribution in [0.4, 0.5) is 0 Å². The predicted octanol–water partition coefficient (Wildman–Crippen LogP) is 2.39. The predicted molar refractivity (Wildman–Crippen MR) is 82.5 cm³/mol. The zero-order valence-corrected chi connectivity index (χ0v) is 13.4. The van der Waals surface area contributed by atoms with Gasteiger partial charge in [0.25, 0.3) is 0 Å². The molecule has 21 heavy (non-hydrogen) atoms. The van der Waals surface area contributed by atoms with Crippen molar-refractivity contribution in [3.8, 4) is 0 Å². The van der Waals surface area contributed by atoms with Gasteiger partial charge in [-0.2, -0.15) is 5.10 Å². The first-order chi connectivity index (χ1) is 10.1. The van der Waals surface area contributed by atoms with E-state index in [1.165, 1.54) is 5.56 Å². The molecule has 110 valence electrons. The van der Waals surface area contributed by atoms with Crippen LogP contribution in [0.3, 0.4) is 0 Å². The number of hydrogen-bond donors (Lipinski definition) is 1. The molecule has 6 heteroatoms. The molecule has 1 aliphatic rings. The minimum Gasteiger partial charge on any atom is -0.348 e. The van der Waals surface area contributed by atoms with Gasteiger partial charge in [0.05, 0.1) is 6.54 Å². The van der Waals surface area contributed by atoms with Gasteiger partial charge >= 0.3 is 0 Å². The van der Waals surface area contributed by atoms with E-state index >= 15 is 0 Å². The van der Waals surface area contributed by atoms with Gasteiger partial charge in [0.15, 0.2) is 5.82 Å². The van der Waals surface area contributed by atoms with E-state index in [0.29, 0.717) is 18.3 Å². The molecule has 1 aliphatic carbocycles. The Bertz CT molecular complexity index is 631. The molecule has 0 saturated heterocycles. The Kier molecular flexibility index (Phi) is 4.05. The van der Waals surface area contributed by atoms with Gasteiger partial charge in [-0.15, -0.1) is 0 Å². The number of halogens is 1. The third kappa shape index (κ3) is 3.32. The summed E-state index contributed by atoms with van der Waals surface area (Å²) in [5.74, 6) is 1.37. The number of nitrogens with one attached hydrogen (secondary N) is 1. The molecule has 0 unspecified atom stereocenters. The maximum atomic E-state index is 12.1. The zero-order chi connectivity index (χ0) is 14.8. The fourth-order valence-corrected chi connectivity index (χ4v) is 2.88. The van der Waals surface area contributed by atoms with Crippen LogP contribution < -0.4 is 5.32 Å². The van der Waals surface area contributed by atoms with E-state index in [1.54, 1.807) is 11.0 Å². The van der Waals surface area contributed by atoms with Crippen LogP contribution >= 0.6 is 15.9 Å². The third-order valence-corrected chi connectivity index (χ3v) is 4.45. The van der Waals surface area contributed by atoms with Crippen molar-refractivity contribution in [2.24, 2.45) is 13.0 Å². The quantitative estimate of drug-likeness (QED) is 0.922. The van der Waals surface area contributed by atoms with Crippen molar-refractivity contribution < 1.29 is 4.79 Å². The molecule has 1 amide bonds. The molecule has 1 heterocycles. The average molecular weight is 349 g/mol. The summed E-state index contributed by atoms with van der Waals surface area (Å²) >= 11 is 3.44. The Morgan fingerprint density at radius 3 is 2.71 bits per heavy atom. The van der Waals surface area contributed by atoms with Crippen molar-refractivity contribution in [1.82, 2.24) is 20.1 Å². The Balaban J connectivity index is 1.47. The lowest BCUT2D eigenvalue weighted by atomic mass is 9.71. The van der Waals surface area contributed by atoms with Crippen LogP contribution in [0.15, 0.2) is 35.1 Å². The topological polar surface area (TPSA) is 59.8 Å². The van der Waals surface area contributed by atoms with E-state index in [1.807, 2.05) is 7.05 Å². The molecule has 0 radical (unpaired) electrons. The molecule has 1 N–H and O–H groups in total. The van der Waals surface area contributed by atoms with Crippen molar-refractivity contribution >= 4 is 21.8 Å². The Morgan fingerprint density at radius 2 is 2.10 bits per heavy atom. The highest BCUT2D eigenvalue weighted by Gasteiger charge is 2.35. The summed E-state index contributed by atoms with van der Waals surface area (Å²) in [4.78, 5) is 16.1. The van der Waals surface area contributed by atoms with Crippen LogP contribution in [-0.4, -0.2) is 20.7 Å². The normalized spacial score (nSPS) is 20.9. The SMILES string of the molecule is Cn1cnc(CNC(=O)C2CC(c3ccc(Br)cc3)C2)n1. The maximum Gasteiger partial charge on any atom is 0.223 e. The van der Waals surface area contributed by atoms with Gasteiger partial charge in [-0.25, -0.2) is 4.98 Å². The van der Waals surface area contributed by atoms with E-state index < -0.39 is 0 Å². The fraction of sp³-hybridized carbons (Fsp3) is 0.400. The molecule has 0 aliphatic heterocycles. The van der Waals surface area contributed by atoms with Gasteiger partial charge in [-0.05, 0) is 36.5 Å². The van der Waals surface area contributed by atoms with Crippen LogP contribution in [-0.2, 0) is 18.4 Å². The van der Waals surface area contributed by atoms with Gasteiger partial charge in [0.2, 0.25) is 5.91 Å². The molecule has 1 aromatic heterocycles. The van der Waals surface area contributed by atoms with Crippen molar-refractivity contribution in [3.63, 3.8) is 0 Å². The second kappa shape index (κ2) is 5.97. The summed E-state index contributed by atoms with van der Waals surface area (Å²) in [6.45, 7) is 0.402. The summed E-state index contributed by atoms with van der Waals surface area (Å²) in [5, 5.41) is 7.05. The lowest BCUT2D eigenvalue weighted by Crippen LogP contribution is -2.37. The van der Waals surface area contributed by atoms with Crippen molar-refractivity contribution in [3.05, 3.63) is 46.5 Å². The van der Waals surface area contributed by atoms with E-state index in [0.717, 1.165) is 17.3 Å². The smallest absolute Gasteiger partial charge is 0.223 e. The van der Waals surface area contributed by atoms with Gasteiger partial charge in [0, 0.05) is 17.4 Å². The first kappa shape index (κ1) is 14.3. The number of hydrogen-bond acceptors (Lipinski definition) is 3. The van der Waals surface area contributed by atoms with E-state index in [9.17, 15) is 4.79 Å². The Labute approximate surface area is 131 Å². The zero-order valence-electron chi connectivity index (χ0n) is 11.8. The van der Waals surface area contributed by atoms with Crippen LogP contribution in [0.1, 0.15) is 30.1 Å². The highest BCUT2D eigenvalue weighted by molar-refractivity contribution is 9.10. The molecule has 0 spiro atoms. The lowest BCUT2D eigenvalue weighted by Gasteiger charge is -2.34. The summed E-state index contributed by atoms with van der Waals surface area (Å²) in [6.07, 6.45) is 3.47. The summed E-state index contributed by atoms with van der Waals surface area (Å²) < 4.78 is 2.72. The summed E-state index contributed by atoms with van der Waals surface area (Å²) in [5.41, 5.74) is 1.31. The van der Waals surface area contributed by atoms with E-state index in [2.05, 4.69) is 55.6 Å². The standard InChI is InChI=1S/C15H17BrN4O/c1-20-9-18-14(19-20)8-17-15(21)12-6-11(7-12)10-2-4-13(16)5-3-10/h2-5,9,11-12H,6-8H2,1H3,(H,17,21). The van der Waals surface area contributed by atoms with Crippen LogP contribution in [0.25, 0.3) is 0 Å². The molecule has 0 atom stereocenters. The van der Waals surface area contributed by atoms with Crippen LogP contribution in [0.5, 0.6) is 0 Å². The molecular formula is C15H17BrN4O. The number of amides is 1. The average Bonchev–Trinajstić information content (AvgIpc) is 2.83. The van der Waals surface area contributed by atoms with Gasteiger partial charge in [0.1, 0.15) is 6.33 Å². The molecule has 3 rings (SSSR count). The van der Waals surface area contributed by atoms with Crippen molar-refractivity contribution in [2.45, 2.75) is 25.3 Å². The first-order valence-electron chi connectivity index (χ1n) is 6.99.